The lowest BCUT2D eigenvalue weighted by atomic mass is 10.1. The third-order valence-electron chi connectivity index (χ3n) is 5.42. The molecule has 1 atom stereocenters. The van der Waals surface area contributed by atoms with Gasteiger partial charge in [-0.2, -0.15) is 0 Å². The third-order valence-corrected chi connectivity index (χ3v) is 5.42. The maximum atomic E-state index is 12.4. The fourth-order valence-electron chi connectivity index (χ4n) is 3.62. The number of benzene rings is 2. The van der Waals surface area contributed by atoms with Crippen LogP contribution in [0.4, 0.5) is 0 Å². The molecule has 0 radical (unpaired) electrons. The number of nitrogens with zero attached hydrogens (tertiary/aromatic N) is 2. The van der Waals surface area contributed by atoms with Gasteiger partial charge in [0.2, 0.25) is 17.7 Å². The number of nitrogens with one attached hydrogen (secondary N) is 2. The third kappa shape index (κ3) is 9.38. The number of primary amides is 1. The Kier molecular flexibility index (Phi) is 9.95. The largest absolute Gasteiger partial charge is 0.368 e. The van der Waals surface area contributed by atoms with Crippen molar-refractivity contribution in [1.82, 2.24) is 20.5 Å². The molecule has 35 heavy (non-hydrogen) atoms. The highest BCUT2D eigenvalue weighted by Crippen LogP contribution is 2.09. The Morgan fingerprint density at radius 1 is 0.829 bits per heavy atom. The van der Waals surface area contributed by atoms with Gasteiger partial charge in [-0.05, 0) is 23.3 Å². The van der Waals surface area contributed by atoms with Crippen molar-refractivity contribution in [2.24, 2.45) is 5.73 Å². The normalized spacial score (nSPS) is 11.6. The highest BCUT2D eigenvalue weighted by atomic mass is 16.2. The summed E-state index contributed by atoms with van der Waals surface area (Å²) in [4.78, 5) is 43.1. The van der Waals surface area contributed by atoms with Crippen molar-refractivity contribution in [3.05, 3.63) is 102 Å². The van der Waals surface area contributed by atoms with E-state index in [0.29, 0.717) is 19.6 Å². The minimum Gasteiger partial charge on any atom is -0.368 e. The van der Waals surface area contributed by atoms with Gasteiger partial charge in [0, 0.05) is 38.7 Å². The lowest BCUT2D eigenvalue weighted by molar-refractivity contribution is -0.128. The number of carbonyl (C=O) groups is 3. The zero-order valence-corrected chi connectivity index (χ0v) is 19.6. The van der Waals surface area contributed by atoms with E-state index in [1.807, 2.05) is 78.9 Å². The van der Waals surface area contributed by atoms with Gasteiger partial charge in [-0.1, -0.05) is 66.7 Å². The molecular weight excluding hydrogens is 442 g/mol. The van der Waals surface area contributed by atoms with Crippen LogP contribution in [0.15, 0.2) is 85.1 Å². The first-order chi connectivity index (χ1) is 17.0. The van der Waals surface area contributed by atoms with Crippen LogP contribution in [0, 0.1) is 0 Å². The Morgan fingerprint density at radius 3 is 2.11 bits per heavy atom. The SMILES string of the molecule is NC(=O)C(Cc1ccccc1)NC(=O)CNC(=O)CCN(Cc1ccccc1)Cc1ccccn1. The van der Waals surface area contributed by atoms with Gasteiger partial charge in [-0.3, -0.25) is 24.3 Å². The molecule has 8 heteroatoms. The van der Waals surface area contributed by atoms with Gasteiger partial charge in [0.05, 0.1) is 12.2 Å². The Balaban J connectivity index is 1.48. The molecule has 8 nitrogen and oxygen atoms in total. The van der Waals surface area contributed by atoms with Gasteiger partial charge in [0.25, 0.3) is 0 Å². The Hall–Kier alpha value is -4.04. The van der Waals surface area contributed by atoms with Gasteiger partial charge in [0.1, 0.15) is 6.04 Å². The van der Waals surface area contributed by atoms with Crippen molar-refractivity contribution >= 4 is 17.7 Å². The fourth-order valence-corrected chi connectivity index (χ4v) is 3.62. The quantitative estimate of drug-likeness (QED) is 0.350. The predicted octanol–water partition coefficient (Wildman–Crippen LogP) is 1.80. The van der Waals surface area contributed by atoms with Crippen LogP contribution < -0.4 is 16.4 Å². The number of pyridine rings is 1. The summed E-state index contributed by atoms with van der Waals surface area (Å²) in [6.07, 6.45) is 2.26. The van der Waals surface area contributed by atoms with Crippen LogP contribution in [0.3, 0.4) is 0 Å². The molecule has 0 aliphatic rings. The smallest absolute Gasteiger partial charge is 0.240 e. The molecule has 0 bridgehead atoms. The molecule has 3 rings (SSSR count). The minimum atomic E-state index is -0.846. The lowest BCUT2D eigenvalue weighted by Gasteiger charge is -2.22. The molecule has 0 fully saturated rings. The second-order valence-electron chi connectivity index (χ2n) is 8.26. The van der Waals surface area contributed by atoms with E-state index in [9.17, 15) is 14.4 Å². The molecule has 0 aliphatic heterocycles. The number of hydrogen-bond donors (Lipinski definition) is 3. The van der Waals surface area contributed by atoms with Crippen LogP contribution in [0.2, 0.25) is 0 Å². The highest BCUT2D eigenvalue weighted by molar-refractivity contribution is 5.89. The van der Waals surface area contributed by atoms with E-state index in [-0.39, 0.29) is 25.3 Å². The molecule has 1 heterocycles. The molecule has 4 N–H and O–H groups in total. The first-order valence-corrected chi connectivity index (χ1v) is 11.5. The summed E-state index contributed by atoms with van der Waals surface area (Å²) >= 11 is 0. The van der Waals surface area contributed by atoms with E-state index in [4.69, 9.17) is 5.73 Å². The van der Waals surface area contributed by atoms with Crippen LogP contribution in [0.25, 0.3) is 0 Å². The Labute approximate surface area is 205 Å². The average molecular weight is 474 g/mol. The molecule has 0 spiro atoms. The highest BCUT2D eigenvalue weighted by Gasteiger charge is 2.19. The standard InChI is InChI=1S/C27H31N5O3/c28-27(35)24(17-21-9-3-1-4-10-21)31-26(34)18-30-25(33)14-16-32(19-22-11-5-2-6-12-22)20-23-13-7-8-15-29-23/h1-13,15,24H,14,16-20H2,(H2,28,35)(H,30,33)(H,31,34). The molecule has 1 unspecified atom stereocenters. The van der Waals surface area contributed by atoms with Crippen LogP contribution in [0.1, 0.15) is 23.2 Å². The minimum absolute atomic E-state index is 0.218. The van der Waals surface area contributed by atoms with E-state index < -0.39 is 17.9 Å². The monoisotopic (exact) mass is 473 g/mol. The van der Waals surface area contributed by atoms with Gasteiger partial charge in [-0.25, -0.2) is 0 Å². The van der Waals surface area contributed by atoms with Crippen molar-refractivity contribution in [3.63, 3.8) is 0 Å². The van der Waals surface area contributed by atoms with Gasteiger partial charge in [0.15, 0.2) is 0 Å². The van der Waals surface area contributed by atoms with Crippen LogP contribution >= 0.6 is 0 Å². The first-order valence-electron chi connectivity index (χ1n) is 11.5. The molecule has 2 aromatic carbocycles. The molecule has 0 saturated heterocycles. The van der Waals surface area contributed by atoms with E-state index in [2.05, 4.69) is 20.5 Å². The molecular formula is C27H31N5O3. The molecule has 1 aromatic heterocycles. The fraction of sp³-hybridized carbons (Fsp3) is 0.259. The molecule has 3 amide bonds. The molecule has 3 aromatic rings. The predicted molar refractivity (Wildman–Crippen MR) is 134 cm³/mol. The topological polar surface area (TPSA) is 117 Å². The summed E-state index contributed by atoms with van der Waals surface area (Å²) in [6.45, 7) is 1.54. The molecule has 0 aliphatic carbocycles. The zero-order chi connectivity index (χ0) is 24.9. The maximum absolute atomic E-state index is 12.4. The number of hydrogen-bond acceptors (Lipinski definition) is 5. The number of nitrogens with two attached hydrogens (primary N) is 1. The van der Waals surface area contributed by atoms with E-state index in [1.165, 1.54) is 0 Å². The number of amides is 3. The van der Waals surface area contributed by atoms with Crippen LogP contribution in [-0.2, 0) is 33.9 Å². The summed E-state index contributed by atoms with van der Waals surface area (Å²) in [7, 11) is 0. The first kappa shape index (κ1) is 25.6. The zero-order valence-electron chi connectivity index (χ0n) is 19.6. The Bertz CT molecular complexity index is 1040. The Morgan fingerprint density at radius 2 is 1.49 bits per heavy atom. The van der Waals surface area contributed by atoms with Crippen molar-refractivity contribution in [3.8, 4) is 0 Å². The summed E-state index contributed by atoms with van der Waals surface area (Å²) in [5.41, 5.74) is 8.38. The maximum Gasteiger partial charge on any atom is 0.240 e. The van der Waals surface area contributed by atoms with Crippen LogP contribution in [-0.4, -0.2) is 46.7 Å². The molecule has 182 valence electrons. The van der Waals surface area contributed by atoms with Crippen molar-refractivity contribution in [2.45, 2.75) is 32.0 Å². The van der Waals surface area contributed by atoms with E-state index in [1.54, 1.807) is 6.20 Å². The summed E-state index contributed by atoms with van der Waals surface area (Å²) in [6, 6.07) is 24.2. The van der Waals surface area contributed by atoms with Crippen LogP contribution in [0.5, 0.6) is 0 Å². The number of rotatable bonds is 13. The number of aromatic nitrogens is 1. The number of carbonyl (C=O) groups excluding carboxylic acids is 3. The van der Waals surface area contributed by atoms with Gasteiger partial charge in [-0.15, -0.1) is 0 Å². The van der Waals surface area contributed by atoms with Gasteiger partial charge >= 0.3 is 0 Å². The van der Waals surface area contributed by atoms with Gasteiger partial charge < -0.3 is 16.4 Å². The van der Waals surface area contributed by atoms with Crippen molar-refractivity contribution in [2.75, 3.05) is 13.1 Å². The summed E-state index contributed by atoms with van der Waals surface area (Å²) in [5.74, 6) is -1.34. The van der Waals surface area contributed by atoms with Crippen molar-refractivity contribution < 1.29 is 14.4 Å². The second-order valence-corrected chi connectivity index (χ2v) is 8.26. The van der Waals surface area contributed by atoms with E-state index in [0.717, 1.165) is 16.8 Å². The summed E-state index contributed by atoms with van der Waals surface area (Å²) in [5, 5.41) is 5.23. The average Bonchev–Trinajstić information content (AvgIpc) is 2.87. The lowest BCUT2D eigenvalue weighted by Crippen LogP contribution is -2.49. The molecule has 0 saturated carbocycles. The van der Waals surface area contributed by atoms with Crippen molar-refractivity contribution in [1.29, 1.82) is 0 Å². The van der Waals surface area contributed by atoms with E-state index >= 15 is 0 Å². The second kappa shape index (κ2) is 13.6. The summed E-state index contributed by atoms with van der Waals surface area (Å²) < 4.78 is 0.